The Kier molecular flexibility index (Phi) is 56.5. The van der Waals surface area contributed by atoms with Crippen molar-refractivity contribution in [1.82, 2.24) is 5.32 Å². The average molecular weight is 959 g/mol. The Morgan fingerprint density at radius 1 is 0.412 bits per heavy atom. The lowest BCUT2D eigenvalue weighted by Crippen LogP contribution is -2.45. The highest BCUT2D eigenvalue weighted by Gasteiger charge is 2.20. The van der Waals surface area contributed by atoms with Gasteiger partial charge >= 0.3 is 5.97 Å². The molecule has 1 amide bonds. The molecule has 2 unspecified atom stereocenters. The molecule has 0 aliphatic carbocycles. The number of aliphatic hydroxyl groups is 2. The maximum absolute atomic E-state index is 12.5. The first-order chi connectivity index (χ1) is 33.5. The number of rotatable bonds is 57. The first-order valence-electron chi connectivity index (χ1n) is 30.6. The van der Waals surface area contributed by atoms with Gasteiger partial charge in [0.1, 0.15) is 0 Å². The maximum atomic E-state index is 12.5. The lowest BCUT2D eigenvalue weighted by Gasteiger charge is -2.22. The number of hydrogen-bond acceptors (Lipinski definition) is 5. The second kappa shape index (κ2) is 57.9. The Labute approximate surface area is 424 Å². The molecule has 6 heteroatoms. The van der Waals surface area contributed by atoms with Crippen LogP contribution in [0.1, 0.15) is 335 Å². The van der Waals surface area contributed by atoms with Crippen molar-refractivity contribution in [2.75, 3.05) is 13.2 Å². The van der Waals surface area contributed by atoms with E-state index in [0.717, 1.165) is 51.4 Å². The minimum Gasteiger partial charge on any atom is -0.466 e. The minimum atomic E-state index is -0.667. The van der Waals surface area contributed by atoms with Gasteiger partial charge in [0.25, 0.3) is 0 Å². The van der Waals surface area contributed by atoms with Crippen LogP contribution in [0, 0.1) is 0 Å². The van der Waals surface area contributed by atoms with Gasteiger partial charge in [0.2, 0.25) is 5.91 Å². The van der Waals surface area contributed by atoms with Crippen LogP contribution in [0.15, 0.2) is 24.3 Å². The number of allylic oxidation sites excluding steroid dienone is 4. The third kappa shape index (κ3) is 53.7. The largest absolute Gasteiger partial charge is 0.466 e. The number of ether oxygens (including phenoxy) is 1. The standard InChI is InChI=1S/C62H119NO5/c1-3-5-7-9-11-13-15-17-19-23-27-30-34-38-42-46-50-54-60(65)59(58-64)63-61(66)55-51-47-43-39-35-31-28-24-21-20-22-25-29-33-37-41-45-49-53-57-68-62(67)56-52-48-44-40-36-32-26-18-16-14-12-10-8-6-4-2/h12,14,18,26,59-60,64-65H,3-11,13,15-17,19-25,27-58H2,1-2H3,(H,63,66)/b14-12-,26-18-. The van der Waals surface area contributed by atoms with Crippen molar-refractivity contribution in [3.63, 3.8) is 0 Å². The molecule has 0 aromatic carbocycles. The van der Waals surface area contributed by atoms with E-state index in [4.69, 9.17) is 4.74 Å². The van der Waals surface area contributed by atoms with Crippen molar-refractivity contribution in [2.24, 2.45) is 0 Å². The first kappa shape index (κ1) is 66.3. The summed E-state index contributed by atoms with van der Waals surface area (Å²) < 4.78 is 5.47. The van der Waals surface area contributed by atoms with Gasteiger partial charge in [-0.2, -0.15) is 0 Å². The van der Waals surface area contributed by atoms with Crippen LogP contribution in [-0.4, -0.2) is 47.4 Å². The Morgan fingerprint density at radius 2 is 0.735 bits per heavy atom. The van der Waals surface area contributed by atoms with Gasteiger partial charge in [0.05, 0.1) is 25.4 Å². The summed E-state index contributed by atoms with van der Waals surface area (Å²) in [5.41, 5.74) is 0. The molecule has 0 fully saturated rings. The smallest absolute Gasteiger partial charge is 0.305 e. The quantitative estimate of drug-likeness (QED) is 0.0321. The Balaban J connectivity index is 3.40. The Morgan fingerprint density at radius 3 is 1.15 bits per heavy atom. The van der Waals surface area contributed by atoms with Gasteiger partial charge in [-0.15, -0.1) is 0 Å². The van der Waals surface area contributed by atoms with Crippen molar-refractivity contribution < 1.29 is 24.5 Å². The zero-order valence-corrected chi connectivity index (χ0v) is 45.9. The second-order valence-electron chi connectivity index (χ2n) is 21.0. The molecule has 0 saturated heterocycles. The highest BCUT2D eigenvalue weighted by atomic mass is 16.5. The van der Waals surface area contributed by atoms with E-state index in [2.05, 4.69) is 43.5 Å². The molecule has 0 radical (unpaired) electrons. The summed E-state index contributed by atoms with van der Waals surface area (Å²) in [6, 6.07) is -0.544. The molecule has 0 heterocycles. The molecule has 0 saturated carbocycles. The summed E-state index contributed by atoms with van der Waals surface area (Å²) in [5.74, 6) is -0.0401. The lowest BCUT2D eigenvalue weighted by atomic mass is 10.0. The normalized spacial score (nSPS) is 12.7. The van der Waals surface area contributed by atoms with Crippen molar-refractivity contribution in [3.05, 3.63) is 24.3 Å². The van der Waals surface area contributed by atoms with Crippen LogP contribution in [0.25, 0.3) is 0 Å². The highest BCUT2D eigenvalue weighted by Crippen LogP contribution is 2.18. The van der Waals surface area contributed by atoms with E-state index in [0.29, 0.717) is 25.9 Å². The van der Waals surface area contributed by atoms with Gasteiger partial charge < -0.3 is 20.3 Å². The van der Waals surface area contributed by atoms with E-state index in [1.54, 1.807) is 0 Å². The molecule has 0 aromatic heterocycles. The molecule has 0 aliphatic heterocycles. The number of carbonyl (C=O) groups is 2. The molecule has 0 spiro atoms. The first-order valence-corrected chi connectivity index (χ1v) is 30.6. The molecule has 0 rings (SSSR count). The monoisotopic (exact) mass is 958 g/mol. The summed E-state index contributed by atoms with van der Waals surface area (Å²) >= 11 is 0. The maximum Gasteiger partial charge on any atom is 0.305 e. The molecular formula is C62H119NO5. The van der Waals surface area contributed by atoms with Gasteiger partial charge in [-0.25, -0.2) is 0 Å². The highest BCUT2D eigenvalue weighted by molar-refractivity contribution is 5.76. The van der Waals surface area contributed by atoms with Crippen molar-refractivity contribution in [3.8, 4) is 0 Å². The number of unbranched alkanes of at least 4 members (excludes halogenated alkanes) is 42. The topological polar surface area (TPSA) is 95.9 Å². The van der Waals surface area contributed by atoms with Crippen molar-refractivity contribution >= 4 is 11.9 Å². The number of aliphatic hydroxyl groups excluding tert-OH is 2. The van der Waals surface area contributed by atoms with Gasteiger partial charge in [-0.1, -0.05) is 289 Å². The number of carbonyl (C=O) groups excluding carboxylic acids is 2. The fraction of sp³-hybridized carbons (Fsp3) is 0.903. The second-order valence-corrected chi connectivity index (χ2v) is 21.0. The van der Waals surface area contributed by atoms with Crippen LogP contribution in [0.2, 0.25) is 0 Å². The van der Waals surface area contributed by atoms with Crippen LogP contribution in [0.4, 0.5) is 0 Å². The molecule has 3 N–H and O–H groups in total. The number of esters is 1. The fourth-order valence-corrected chi connectivity index (χ4v) is 9.55. The number of nitrogens with one attached hydrogen (secondary N) is 1. The number of hydrogen-bond donors (Lipinski definition) is 3. The number of amides is 1. The van der Waals surface area contributed by atoms with Crippen LogP contribution in [-0.2, 0) is 14.3 Å². The summed E-state index contributed by atoms with van der Waals surface area (Å²) in [6.07, 6.45) is 70.3. The van der Waals surface area contributed by atoms with E-state index in [-0.39, 0.29) is 18.5 Å². The molecule has 402 valence electrons. The van der Waals surface area contributed by atoms with Crippen molar-refractivity contribution in [2.45, 2.75) is 347 Å². The van der Waals surface area contributed by atoms with Gasteiger partial charge in [0, 0.05) is 12.8 Å². The molecule has 0 aromatic rings. The zero-order chi connectivity index (χ0) is 49.3. The predicted molar refractivity (Wildman–Crippen MR) is 296 cm³/mol. The van der Waals surface area contributed by atoms with Crippen molar-refractivity contribution in [1.29, 1.82) is 0 Å². The van der Waals surface area contributed by atoms with Gasteiger partial charge in [0.15, 0.2) is 0 Å². The van der Waals surface area contributed by atoms with E-state index in [1.807, 2.05) is 0 Å². The fourth-order valence-electron chi connectivity index (χ4n) is 9.55. The van der Waals surface area contributed by atoms with E-state index in [1.165, 1.54) is 250 Å². The third-order valence-corrected chi connectivity index (χ3v) is 14.3. The molecule has 68 heavy (non-hydrogen) atoms. The molecule has 0 aliphatic rings. The molecule has 2 atom stereocenters. The van der Waals surface area contributed by atoms with Crippen LogP contribution in [0.5, 0.6) is 0 Å². The average Bonchev–Trinajstić information content (AvgIpc) is 3.34. The lowest BCUT2D eigenvalue weighted by molar-refractivity contribution is -0.143. The van der Waals surface area contributed by atoms with E-state index >= 15 is 0 Å². The zero-order valence-electron chi connectivity index (χ0n) is 45.9. The molecular weight excluding hydrogens is 839 g/mol. The minimum absolute atomic E-state index is 0.00444. The third-order valence-electron chi connectivity index (χ3n) is 14.3. The van der Waals surface area contributed by atoms with Crippen LogP contribution < -0.4 is 5.32 Å². The SMILES string of the molecule is CCCCC/C=C\C/C=C\CCCCCCCC(=O)OCCCCCCCCCCCCCCCCCCCCCC(=O)NC(CO)C(O)CCCCCCCCCCCCCCCCCCC. The Hall–Kier alpha value is -1.66. The summed E-state index contributed by atoms with van der Waals surface area (Å²) in [5, 5.41) is 23.3. The van der Waals surface area contributed by atoms with Crippen LogP contribution >= 0.6 is 0 Å². The van der Waals surface area contributed by atoms with E-state index < -0.39 is 12.1 Å². The Bertz CT molecular complexity index is 1060. The summed E-state index contributed by atoms with van der Waals surface area (Å²) in [6.45, 7) is 4.93. The molecule has 0 bridgehead atoms. The summed E-state index contributed by atoms with van der Waals surface area (Å²) in [7, 11) is 0. The van der Waals surface area contributed by atoms with E-state index in [9.17, 15) is 19.8 Å². The van der Waals surface area contributed by atoms with Gasteiger partial charge in [-0.05, 0) is 57.8 Å². The van der Waals surface area contributed by atoms with Gasteiger partial charge in [-0.3, -0.25) is 9.59 Å². The van der Waals surface area contributed by atoms with Crippen LogP contribution in [0.3, 0.4) is 0 Å². The summed E-state index contributed by atoms with van der Waals surface area (Å²) in [4.78, 5) is 24.5. The molecule has 6 nitrogen and oxygen atoms in total. The predicted octanol–water partition coefficient (Wildman–Crippen LogP) is 19.0.